The SMILES string of the molecule is C=CCCCCCCCCC(=O)OC(=O)CC. The first kappa shape index (κ1) is 15.9. The Morgan fingerprint density at radius 2 is 1.59 bits per heavy atom. The number of hydrogen-bond acceptors (Lipinski definition) is 3. The predicted octanol–water partition coefficient (Wildman–Crippen LogP) is 3.77. The van der Waals surface area contributed by atoms with Crippen LogP contribution in [0.1, 0.15) is 64.7 Å². The van der Waals surface area contributed by atoms with Crippen LogP contribution in [0.4, 0.5) is 0 Å². The van der Waals surface area contributed by atoms with Gasteiger partial charge in [-0.1, -0.05) is 38.7 Å². The van der Waals surface area contributed by atoms with Gasteiger partial charge in [0, 0.05) is 12.8 Å². The van der Waals surface area contributed by atoms with Crippen molar-refractivity contribution in [1.29, 1.82) is 0 Å². The maximum atomic E-state index is 11.1. The first-order valence-corrected chi connectivity index (χ1v) is 6.55. The molecule has 0 bridgehead atoms. The topological polar surface area (TPSA) is 43.4 Å². The molecule has 0 radical (unpaired) electrons. The van der Waals surface area contributed by atoms with E-state index >= 15 is 0 Å². The van der Waals surface area contributed by atoms with E-state index in [2.05, 4.69) is 11.3 Å². The van der Waals surface area contributed by atoms with Crippen LogP contribution in [-0.4, -0.2) is 11.9 Å². The van der Waals surface area contributed by atoms with E-state index in [1.807, 2.05) is 6.08 Å². The van der Waals surface area contributed by atoms with Gasteiger partial charge in [0.25, 0.3) is 0 Å². The highest BCUT2D eigenvalue weighted by atomic mass is 16.6. The van der Waals surface area contributed by atoms with E-state index in [1.54, 1.807) is 6.92 Å². The second kappa shape index (κ2) is 11.4. The minimum absolute atomic E-state index is 0.259. The quantitative estimate of drug-likeness (QED) is 0.253. The maximum absolute atomic E-state index is 11.1. The van der Waals surface area contributed by atoms with E-state index in [4.69, 9.17) is 0 Å². The van der Waals surface area contributed by atoms with Gasteiger partial charge in [0.1, 0.15) is 0 Å². The lowest BCUT2D eigenvalue weighted by Gasteiger charge is -2.02. The van der Waals surface area contributed by atoms with Crippen LogP contribution < -0.4 is 0 Å². The van der Waals surface area contributed by atoms with Crippen molar-refractivity contribution in [3.63, 3.8) is 0 Å². The molecule has 3 heteroatoms. The minimum atomic E-state index is -0.431. The van der Waals surface area contributed by atoms with Gasteiger partial charge in [-0.05, 0) is 19.3 Å². The molecular weight excluding hydrogens is 216 g/mol. The average molecular weight is 240 g/mol. The fraction of sp³-hybridized carbons (Fsp3) is 0.714. The van der Waals surface area contributed by atoms with Crippen LogP contribution in [0.25, 0.3) is 0 Å². The summed E-state index contributed by atoms with van der Waals surface area (Å²) in [5, 5.41) is 0. The molecule has 3 nitrogen and oxygen atoms in total. The first-order chi connectivity index (χ1) is 8.20. The molecule has 0 aromatic carbocycles. The van der Waals surface area contributed by atoms with Crippen molar-refractivity contribution in [1.82, 2.24) is 0 Å². The van der Waals surface area contributed by atoms with E-state index < -0.39 is 5.97 Å². The number of allylic oxidation sites excluding steroid dienone is 1. The van der Waals surface area contributed by atoms with Crippen molar-refractivity contribution < 1.29 is 14.3 Å². The summed E-state index contributed by atoms with van der Waals surface area (Å²) in [6.07, 6.45) is 10.3. The molecule has 17 heavy (non-hydrogen) atoms. The van der Waals surface area contributed by atoms with E-state index in [-0.39, 0.29) is 12.4 Å². The largest absolute Gasteiger partial charge is 0.393 e. The third-order valence-electron chi connectivity index (χ3n) is 2.56. The standard InChI is InChI=1S/C14H24O3/c1-3-5-6-7-8-9-10-11-12-14(16)17-13(15)4-2/h3H,1,4-12H2,2H3. The van der Waals surface area contributed by atoms with E-state index in [1.165, 1.54) is 19.3 Å². The molecule has 98 valence electrons. The van der Waals surface area contributed by atoms with E-state index in [0.29, 0.717) is 6.42 Å². The Bertz CT molecular complexity index is 234. The monoisotopic (exact) mass is 240 g/mol. The number of rotatable bonds is 10. The molecule has 0 aliphatic carbocycles. The number of unbranched alkanes of at least 4 members (excludes halogenated alkanes) is 6. The van der Waals surface area contributed by atoms with E-state index in [0.717, 1.165) is 25.7 Å². The van der Waals surface area contributed by atoms with Gasteiger partial charge in [-0.2, -0.15) is 0 Å². The van der Waals surface area contributed by atoms with Gasteiger partial charge in [0.05, 0.1) is 0 Å². The summed E-state index contributed by atoms with van der Waals surface area (Å²) >= 11 is 0. The lowest BCUT2D eigenvalue weighted by Crippen LogP contribution is -2.10. The Kier molecular flexibility index (Phi) is 10.6. The van der Waals surface area contributed by atoms with Crippen LogP contribution in [0.3, 0.4) is 0 Å². The molecule has 0 heterocycles. The van der Waals surface area contributed by atoms with Crippen molar-refractivity contribution >= 4 is 11.9 Å². The summed E-state index contributed by atoms with van der Waals surface area (Å²) in [6.45, 7) is 5.36. The van der Waals surface area contributed by atoms with Crippen LogP contribution in [0, 0.1) is 0 Å². The summed E-state index contributed by atoms with van der Waals surface area (Å²) in [5.74, 6) is -0.817. The van der Waals surface area contributed by atoms with Crippen molar-refractivity contribution in [2.45, 2.75) is 64.7 Å². The molecular formula is C14H24O3. The first-order valence-electron chi connectivity index (χ1n) is 6.55. The van der Waals surface area contributed by atoms with Crippen LogP contribution in [0.15, 0.2) is 12.7 Å². The van der Waals surface area contributed by atoms with Crippen molar-refractivity contribution in [2.24, 2.45) is 0 Å². The molecule has 0 aromatic heterocycles. The van der Waals surface area contributed by atoms with Gasteiger partial charge >= 0.3 is 11.9 Å². The molecule has 0 saturated heterocycles. The van der Waals surface area contributed by atoms with Gasteiger partial charge in [-0.3, -0.25) is 9.59 Å². The number of esters is 2. The molecule has 0 aliphatic rings. The summed E-state index contributed by atoms with van der Waals surface area (Å²) in [6, 6.07) is 0. The molecule has 0 amide bonds. The molecule has 0 rings (SSSR count). The third-order valence-corrected chi connectivity index (χ3v) is 2.56. The zero-order valence-electron chi connectivity index (χ0n) is 10.9. The van der Waals surface area contributed by atoms with Gasteiger partial charge in [0.15, 0.2) is 0 Å². The molecule has 0 atom stereocenters. The highest BCUT2D eigenvalue weighted by Crippen LogP contribution is 2.09. The van der Waals surface area contributed by atoms with Crippen molar-refractivity contribution in [2.75, 3.05) is 0 Å². The van der Waals surface area contributed by atoms with Gasteiger partial charge in [0.2, 0.25) is 0 Å². The number of carbonyl (C=O) groups excluding carboxylic acids is 2. The summed E-state index contributed by atoms with van der Waals surface area (Å²) < 4.78 is 4.57. The zero-order chi connectivity index (χ0) is 12.9. The number of hydrogen-bond donors (Lipinski definition) is 0. The molecule has 0 unspecified atom stereocenters. The van der Waals surface area contributed by atoms with Crippen LogP contribution in [0.2, 0.25) is 0 Å². The molecule has 0 fully saturated rings. The second-order valence-corrected chi connectivity index (χ2v) is 4.15. The van der Waals surface area contributed by atoms with Crippen molar-refractivity contribution in [3.8, 4) is 0 Å². The predicted molar refractivity (Wildman–Crippen MR) is 68.5 cm³/mol. The zero-order valence-corrected chi connectivity index (χ0v) is 10.9. The van der Waals surface area contributed by atoms with Crippen molar-refractivity contribution in [3.05, 3.63) is 12.7 Å². The van der Waals surface area contributed by atoms with E-state index in [9.17, 15) is 9.59 Å². The molecule has 0 aromatic rings. The lowest BCUT2D eigenvalue weighted by molar-refractivity contribution is -0.159. The van der Waals surface area contributed by atoms with Gasteiger partial charge < -0.3 is 4.74 Å². The normalized spacial score (nSPS) is 9.94. The number of carbonyl (C=O) groups is 2. The highest BCUT2D eigenvalue weighted by molar-refractivity contribution is 5.85. The summed E-state index contributed by atoms with van der Waals surface area (Å²) in [5.41, 5.74) is 0. The highest BCUT2D eigenvalue weighted by Gasteiger charge is 2.07. The summed E-state index contributed by atoms with van der Waals surface area (Å²) in [7, 11) is 0. The van der Waals surface area contributed by atoms with Gasteiger partial charge in [-0.25, -0.2) is 0 Å². The molecule has 0 N–H and O–H groups in total. The molecule has 0 spiro atoms. The van der Waals surface area contributed by atoms with Crippen LogP contribution >= 0.6 is 0 Å². The van der Waals surface area contributed by atoms with Crippen LogP contribution in [0.5, 0.6) is 0 Å². The Morgan fingerprint density at radius 1 is 1.00 bits per heavy atom. The Hall–Kier alpha value is -1.12. The maximum Gasteiger partial charge on any atom is 0.313 e. The molecule has 0 aliphatic heterocycles. The summed E-state index contributed by atoms with van der Waals surface area (Å²) in [4.78, 5) is 21.9. The Morgan fingerprint density at radius 3 is 2.18 bits per heavy atom. The second-order valence-electron chi connectivity index (χ2n) is 4.15. The smallest absolute Gasteiger partial charge is 0.313 e. The van der Waals surface area contributed by atoms with Crippen LogP contribution in [-0.2, 0) is 14.3 Å². The minimum Gasteiger partial charge on any atom is -0.393 e. The third kappa shape index (κ3) is 11.1. The number of ether oxygens (including phenoxy) is 1. The Labute approximate surface area is 104 Å². The fourth-order valence-electron chi connectivity index (χ4n) is 1.52. The molecule has 0 saturated carbocycles. The lowest BCUT2D eigenvalue weighted by atomic mass is 10.1. The van der Waals surface area contributed by atoms with Gasteiger partial charge in [-0.15, -0.1) is 6.58 Å². The fourth-order valence-corrected chi connectivity index (χ4v) is 1.52. The average Bonchev–Trinajstić information content (AvgIpc) is 2.32. The Balaban J connectivity index is 3.24.